The monoisotopic (exact) mass is 338 g/mol. The minimum absolute atomic E-state index is 0.0382. The largest absolute Gasteiger partial charge is 0.323 e. The van der Waals surface area contributed by atoms with Crippen LogP contribution in [-0.2, 0) is 4.79 Å². The van der Waals surface area contributed by atoms with Crippen LogP contribution in [0.2, 0.25) is 10.3 Å². The Hall–Kier alpha value is -1.59. The number of nitrogens with one attached hydrogen (secondary N) is 1. The number of nitrogens with zero attached hydrogens (tertiary/aromatic N) is 3. The summed E-state index contributed by atoms with van der Waals surface area (Å²) in [5.74, 6) is 0.621. The average molecular weight is 339 g/mol. The molecule has 1 fully saturated rings. The molecule has 1 aliphatic carbocycles. The van der Waals surface area contributed by atoms with Crippen molar-refractivity contribution >= 4 is 34.8 Å². The molecule has 7 heteroatoms. The van der Waals surface area contributed by atoms with E-state index in [1.165, 1.54) is 12.7 Å². The minimum atomic E-state index is 0.0382. The first-order valence-electron chi connectivity index (χ1n) is 7.31. The van der Waals surface area contributed by atoms with Gasteiger partial charge in [-0.1, -0.05) is 42.5 Å². The van der Waals surface area contributed by atoms with Gasteiger partial charge in [-0.05, 0) is 25.0 Å². The van der Waals surface area contributed by atoms with Gasteiger partial charge in [-0.15, -0.1) is 0 Å². The molecule has 5 nitrogen and oxygen atoms in total. The van der Waals surface area contributed by atoms with E-state index in [1.54, 1.807) is 22.9 Å². The number of imidazole rings is 1. The predicted octanol–water partition coefficient (Wildman–Crippen LogP) is 4.09. The van der Waals surface area contributed by atoms with E-state index >= 15 is 0 Å². The van der Waals surface area contributed by atoms with Gasteiger partial charge in [-0.2, -0.15) is 0 Å². The molecule has 0 unspecified atom stereocenters. The van der Waals surface area contributed by atoms with Gasteiger partial charge >= 0.3 is 0 Å². The second-order valence-corrected chi connectivity index (χ2v) is 6.11. The lowest BCUT2D eigenvalue weighted by molar-refractivity contribution is -0.120. The number of carbonyl (C=O) groups excluding carboxylic acids is 1. The van der Waals surface area contributed by atoms with Crippen LogP contribution in [0.1, 0.15) is 32.1 Å². The van der Waals surface area contributed by atoms with Gasteiger partial charge in [-0.25, -0.2) is 9.97 Å². The van der Waals surface area contributed by atoms with E-state index in [0.29, 0.717) is 11.5 Å². The van der Waals surface area contributed by atoms with Gasteiger partial charge in [0.15, 0.2) is 16.1 Å². The van der Waals surface area contributed by atoms with Gasteiger partial charge in [0, 0.05) is 12.1 Å². The standard InChI is InChI=1S/C15H16Cl2N4O/c16-12-13(17)21(9-19-12)14-11(7-4-8-18-14)20-15(22)10-5-2-1-3-6-10/h4,7-10H,1-3,5-6H2,(H,20,22). The minimum Gasteiger partial charge on any atom is -0.323 e. The van der Waals surface area contributed by atoms with Crippen molar-refractivity contribution in [1.82, 2.24) is 14.5 Å². The van der Waals surface area contributed by atoms with Crippen LogP contribution in [0, 0.1) is 5.92 Å². The highest BCUT2D eigenvalue weighted by Crippen LogP contribution is 2.28. The first kappa shape index (κ1) is 15.3. The highest BCUT2D eigenvalue weighted by molar-refractivity contribution is 6.40. The Morgan fingerprint density at radius 3 is 2.68 bits per heavy atom. The molecule has 0 radical (unpaired) electrons. The first-order chi connectivity index (χ1) is 10.7. The van der Waals surface area contributed by atoms with E-state index in [2.05, 4.69) is 15.3 Å². The Labute approximate surface area is 138 Å². The van der Waals surface area contributed by atoms with E-state index in [-0.39, 0.29) is 22.1 Å². The van der Waals surface area contributed by atoms with E-state index in [9.17, 15) is 4.79 Å². The van der Waals surface area contributed by atoms with Crippen LogP contribution in [0.25, 0.3) is 5.82 Å². The van der Waals surface area contributed by atoms with Gasteiger partial charge in [-0.3, -0.25) is 9.36 Å². The Morgan fingerprint density at radius 2 is 2.00 bits per heavy atom. The molecule has 22 heavy (non-hydrogen) atoms. The molecule has 1 amide bonds. The summed E-state index contributed by atoms with van der Waals surface area (Å²) in [6.07, 6.45) is 8.45. The summed E-state index contributed by atoms with van der Waals surface area (Å²) in [6, 6.07) is 3.57. The fourth-order valence-corrected chi connectivity index (χ4v) is 3.05. The van der Waals surface area contributed by atoms with Crippen LogP contribution in [0.5, 0.6) is 0 Å². The molecular weight excluding hydrogens is 323 g/mol. The summed E-state index contributed by atoms with van der Waals surface area (Å²) in [5.41, 5.74) is 0.606. The van der Waals surface area contributed by atoms with Gasteiger partial charge in [0.1, 0.15) is 6.33 Å². The highest BCUT2D eigenvalue weighted by Gasteiger charge is 2.22. The summed E-state index contributed by atoms with van der Waals surface area (Å²) in [4.78, 5) is 20.7. The summed E-state index contributed by atoms with van der Waals surface area (Å²) in [7, 11) is 0. The maximum Gasteiger partial charge on any atom is 0.227 e. The number of rotatable bonds is 3. The lowest BCUT2D eigenvalue weighted by Crippen LogP contribution is -2.25. The lowest BCUT2D eigenvalue weighted by Gasteiger charge is -2.21. The van der Waals surface area contributed by atoms with Crippen molar-refractivity contribution < 1.29 is 4.79 Å². The molecule has 1 saturated carbocycles. The topological polar surface area (TPSA) is 59.8 Å². The molecule has 0 bridgehead atoms. The van der Waals surface area contributed by atoms with Crippen molar-refractivity contribution in [3.05, 3.63) is 35.0 Å². The van der Waals surface area contributed by atoms with Crippen LogP contribution in [0.15, 0.2) is 24.7 Å². The molecule has 2 aromatic rings. The Bertz CT molecular complexity index is 680. The first-order valence-corrected chi connectivity index (χ1v) is 8.07. The molecule has 0 aromatic carbocycles. The fourth-order valence-electron chi connectivity index (χ4n) is 2.75. The molecule has 3 rings (SSSR count). The quantitative estimate of drug-likeness (QED) is 0.916. The fraction of sp³-hybridized carbons (Fsp3) is 0.400. The smallest absolute Gasteiger partial charge is 0.227 e. The average Bonchev–Trinajstić information content (AvgIpc) is 2.88. The zero-order valence-corrected chi connectivity index (χ0v) is 13.4. The second kappa shape index (κ2) is 6.67. The number of hydrogen-bond acceptors (Lipinski definition) is 3. The van der Waals surface area contributed by atoms with Crippen LogP contribution in [0.4, 0.5) is 5.69 Å². The molecule has 116 valence electrons. The van der Waals surface area contributed by atoms with Gasteiger partial charge in [0.25, 0.3) is 0 Å². The predicted molar refractivity (Wildman–Crippen MR) is 86.6 cm³/mol. The molecule has 2 aromatic heterocycles. The third-order valence-corrected chi connectivity index (χ3v) is 4.65. The highest BCUT2D eigenvalue weighted by atomic mass is 35.5. The van der Waals surface area contributed by atoms with Crippen LogP contribution in [-0.4, -0.2) is 20.4 Å². The third kappa shape index (κ3) is 3.10. The lowest BCUT2D eigenvalue weighted by atomic mass is 9.88. The van der Waals surface area contributed by atoms with Crippen LogP contribution in [0.3, 0.4) is 0 Å². The zero-order valence-electron chi connectivity index (χ0n) is 11.9. The number of halogens is 2. The SMILES string of the molecule is O=C(Nc1cccnc1-n1cnc(Cl)c1Cl)C1CCCCC1. The molecule has 2 heterocycles. The van der Waals surface area contributed by atoms with E-state index < -0.39 is 0 Å². The summed E-state index contributed by atoms with van der Waals surface area (Å²) in [6.45, 7) is 0. The molecule has 0 aliphatic heterocycles. The Balaban J connectivity index is 1.85. The van der Waals surface area contributed by atoms with Gasteiger partial charge in [0.05, 0.1) is 5.69 Å². The second-order valence-electron chi connectivity index (χ2n) is 5.39. The van der Waals surface area contributed by atoms with Crippen molar-refractivity contribution in [3.8, 4) is 5.82 Å². The molecule has 0 saturated heterocycles. The zero-order chi connectivity index (χ0) is 15.5. The van der Waals surface area contributed by atoms with Crippen LogP contribution < -0.4 is 5.32 Å². The van der Waals surface area contributed by atoms with Crippen molar-refractivity contribution in [3.63, 3.8) is 0 Å². The van der Waals surface area contributed by atoms with E-state index in [4.69, 9.17) is 23.2 Å². The number of aromatic nitrogens is 3. The van der Waals surface area contributed by atoms with Crippen molar-refractivity contribution in [2.45, 2.75) is 32.1 Å². The van der Waals surface area contributed by atoms with Crippen LogP contribution >= 0.6 is 23.2 Å². The number of amides is 1. The van der Waals surface area contributed by atoms with Gasteiger partial charge in [0.2, 0.25) is 5.91 Å². The Kier molecular flexibility index (Phi) is 4.64. The normalized spacial score (nSPS) is 15.7. The van der Waals surface area contributed by atoms with Gasteiger partial charge < -0.3 is 5.32 Å². The summed E-state index contributed by atoms with van der Waals surface area (Å²) >= 11 is 12.0. The number of carbonyl (C=O) groups is 1. The maximum atomic E-state index is 12.4. The van der Waals surface area contributed by atoms with E-state index in [1.807, 2.05) is 0 Å². The molecular formula is C15H16Cl2N4O. The molecule has 1 N–H and O–H groups in total. The molecule has 0 spiro atoms. The van der Waals surface area contributed by atoms with Crippen molar-refractivity contribution in [2.24, 2.45) is 5.92 Å². The Morgan fingerprint density at radius 1 is 1.23 bits per heavy atom. The number of pyridine rings is 1. The molecule has 1 aliphatic rings. The molecule has 0 atom stereocenters. The van der Waals surface area contributed by atoms with E-state index in [0.717, 1.165) is 25.7 Å². The van der Waals surface area contributed by atoms with Crippen molar-refractivity contribution in [2.75, 3.05) is 5.32 Å². The summed E-state index contributed by atoms with van der Waals surface area (Å²) in [5, 5.41) is 3.44. The number of hydrogen-bond donors (Lipinski definition) is 1. The number of anilines is 1. The maximum absolute atomic E-state index is 12.4. The third-order valence-electron chi connectivity index (χ3n) is 3.92. The summed E-state index contributed by atoms with van der Waals surface area (Å²) < 4.78 is 1.56. The van der Waals surface area contributed by atoms with Crippen molar-refractivity contribution in [1.29, 1.82) is 0 Å².